The third-order valence-corrected chi connectivity index (χ3v) is 4.27. The van der Waals surface area contributed by atoms with Crippen LogP contribution >= 0.6 is 11.3 Å². The van der Waals surface area contributed by atoms with Crippen LogP contribution in [0.4, 0.5) is 0 Å². The molecular weight excluding hydrogens is 258 g/mol. The largest absolute Gasteiger partial charge is 0.381 e. The molecule has 1 aliphatic heterocycles. The molecule has 4 nitrogen and oxygen atoms in total. The number of rotatable bonds is 8. The predicted octanol–water partition coefficient (Wildman–Crippen LogP) is 1.98. The summed E-state index contributed by atoms with van der Waals surface area (Å²) in [5.74, 6) is 0. The van der Waals surface area contributed by atoms with Gasteiger partial charge in [0.1, 0.15) is 0 Å². The molecule has 1 atom stereocenters. The molecule has 2 rings (SSSR count). The van der Waals surface area contributed by atoms with Gasteiger partial charge in [-0.05, 0) is 26.4 Å². The second kappa shape index (κ2) is 7.33. The zero-order valence-corrected chi connectivity index (χ0v) is 12.8. The van der Waals surface area contributed by atoms with E-state index in [1.807, 2.05) is 5.51 Å². The first kappa shape index (κ1) is 14.9. The molecule has 2 heterocycles. The van der Waals surface area contributed by atoms with Crippen molar-refractivity contribution in [2.75, 3.05) is 39.9 Å². The maximum Gasteiger partial charge on any atom is 0.0795 e. The van der Waals surface area contributed by atoms with E-state index in [4.69, 9.17) is 4.74 Å². The molecule has 1 saturated heterocycles. The van der Waals surface area contributed by atoms with Crippen molar-refractivity contribution < 1.29 is 4.74 Å². The molecule has 0 amide bonds. The minimum Gasteiger partial charge on any atom is -0.381 e. The fraction of sp³-hybridized carbons (Fsp3) is 0.786. The molecule has 19 heavy (non-hydrogen) atoms. The third-order valence-electron chi connectivity index (χ3n) is 3.63. The van der Waals surface area contributed by atoms with Crippen molar-refractivity contribution in [3.05, 3.63) is 16.6 Å². The molecule has 1 unspecified atom stereocenters. The molecule has 0 aliphatic carbocycles. The summed E-state index contributed by atoms with van der Waals surface area (Å²) in [6.07, 6.45) is 2.34. The number of nitrogens with zero attached hydrogens (tertiary/aromatic N) is 2. The SMILES string of the molecule is CCCNCC1(CN(C)Cc2cscn2)CCOC1. The number of ether oxygens (including phenoxy) is 1. The summed E-state index contributed by atoms with van der Waals surface area (Å²) in [6, 6.07) is 0. The minimum atomic E-state index is 0.278. The lowest BCUT2D eigenvalue weighted by atomic mass is 9.86. The van der Waals surface area contributed by atoms with E-state index < -0.39 is 0 Å². The van der Waals surface area contributed by atoms with Gasteiger partial charge in [0.15, 0.2) is 0 Å². The lowest BCUT2D eigenvalue weighted by Crippen LogP contribution is -2.43. The molecule has 0 saturated carbocycles. The Morgan fingerprint density at radius 3 is 3.11 bits per heavy atom. The Labute approximate surface area is 120 Å². The molecule has 0 aromatic carbocycles. The number of thiazole rings is 1. The van der Waals surface area contributed by atoms with Crippen molar-refractivity contribution in [1.82, 2.24) is 15.2 Å². The summed E-state index contributed by atoms with van der Waals surface area (Å²) in [5.41, 5.74) is 3.35. The van der Waals surface area contributed by atoms with Gasteiger partial charge in [-0.2, -0.15) is 0 Å². The van der Waals surface area contributed by atoms with E-state index in [9.17, 15) is 0 Å². The Morgan fingerprint density at radius 1 is 1.58 bits per heavy atom. The highest BCUT2D eigenvalue weighted by Crippen LogP contribution is 2.29. The average Bonchev–Trinajstić information content (AvgIpc) is 3.02. The van der Waals surface area contributed by atoms with Gasteiger partial charge in [-0.1, -0.05) is 6.92 Å². The van der Waals surface area contributed by atoms with E-state index >= 15 is 0 Å². The van der Waals surface area contributed by atoms with Crippen LogP contribution in [0.2, 0.25) is 0 Å². The highest BCUT2D eigenvalue weighted by Gasteiger charge is 2.35. The topological polar surface area (TPSA) is 37.4 Å². The number of hydrogen-bond donors (Lipinski definition) is 1. The predicted molar refractivity (Wildman–Crippen MR) is 79.5 cm³/mol. The van der Waals surface area contributed by atoms with Gasteiger partial charge < -0.3 is 10.1 Å². The Bertz CT molecular complexity index is 350. The Kier molecular flexibility index (Phi) is 5.76. The molecule has 1 aromatic heterocycles. The number of hydrogen-bond acceptors (Lipinski definition) is 5. The van der Waals surface area contributed by atoms with Gasteiger partial charge in [0.05, 0.1) is 17.8 Å². The van der Waals surface area contributed by atoms with Crippen LogP contribution in [0.1, 0.15) is 25.5 Å². The zero-order valence-electron chi connectivity index (χ0n) is 12.0. The summed E-state index contributed by atoms with van der Waals surface area (Å²) in [7, 11) is 2.18. The number of nitrogens with one attached hydrogen (secondary N) is 1. The van der Waals surface area contributed by atoms with Gasteiger partial charge >= 0.3 is 0 Å². The number of aromatic nitrogens is 1. The molecule has 5 heteroatoms. The maximum absolute atomic E-state index is 5.65. The van der Waals surface area contributed by atoms with Crippen LogP contribution in [0, 0.1) is 5.41 Å². The average molecular weight is 283 g/mol. The van der Waals surface area contributed by atoms with Gasteiger partial charge in [0, 0.05) is 37.0 Å². The van der Waals surface area contributed by atoms with Gasteiger partial charge in [-0.3, -0.25) is 4.90 Å². The standard InChI is InChI=1S/C14H25N3OS/c1-3-5-15-9-14(4-6-18-11-14)10-17(2)7-13-8-19-12-16-13/h8,12,15H,3-7,9-11H2,1-2H3. The van der Waals surface area contributed by atoms with Crippen molar-refractivity contribution in [2.45, 2.75) is 26.3 Å². The molecule has 1 N–H and O–H groups in total. The van der Waals surface area contributed by atoms with Crippen LogP contribution in [0.5, 0.6) is 0 Å². The first-order valence-electron chi connectivity index (χ1n) is 7.08. The van der Waals surface area contributed by atoms with Crippen LogP contribution in [0.15, 0.2) is 10.9 Å². The molecule has 0 radical (unpaired) electrons. The fourth-order valence-electron chi connectivity index (χ4n) is 2.72. The van der Waals surface area contributed by atoms with Crippen LogP contribution < -0.4 is 5.32 Å². The monoisotopic (exact) mass is 283 g/mol. The third kappa shape index (κ3) is 4.53. The molecule has 0 spiro atoms. The van der Waals surface area contributed by atoms with E-state index in [0.29, 0.717) is 0 Å². The Morgan fingerprint density at radius 2 is 2.47 bits per heavy atom. The Balaban J connectivity index is 1.85. The van der Waals surface area contributed by atoms with Gasteiger partial charge in [0.2, 0.25) is 0 Å². The summed E-state index contributed by atoms with van der Waals surface area (Å²) < 4.78 is 5.65. The summed E-state index contributed by atoms with van der Waals surface area (Å²) >= 11 is 1.67. The molecule has 0 bridgehead atoms. The van der Waals surface area contributed by atoms with Crippen molar-refractivity contribution in [3.63, 3.8) is 0 Å². The quantitative estimate of drug-likeness (QED) is 0.740. The highest BCUT2D eigenvalue weighted by molar-refractivity contribution is 7.07. The molecular formula is C14H25N3OS. The first-order valence-corrected chi connectivity index (χ1v) is 8.02. The van der Waals surface area contributed by atoms with E-state index in [1.165, 1.54) is 12.1 Å². The van der Waals surface area contributed by atoms with E-state index in [2.05, 4.69) is 34.6 Å². The van der Waals surface area contributed by atoms with E-state index in [0.717, 1.165) is 45.8 Å². The van der Waals surface area contributed by atoms with E-state index in [-0.39, 0.29) is 5.41 Å². The molecule has 108 valence electrons. The maximum atomic E-state index is 5.65. The van der Waals surface area contributed by atoms with E-state index in [1.54, 1.807) is 11.3 Å². The summed E-state index contributed by atoms with van der Waals surface area (Å²) in [5, 5.41) is 5.69. The highest BCUT2D eigenvalue weighted by atomic mass is 32.1. The second-order valence-corrected chi connectivity index (χ2v) is 6.35. The van der Waals surface area contributed by atoms with Crippen molar-refractivity contribution in [1.29, 1.82) is 0 Å². The fourth-order valence-corrected chi connectivity index (χ4v) is 3.27. The van der Waals surface area contributed by atoms with Gasteiger partial charge in [-0.15, -0.1) is 11.3 Å². The first-order chi connectivity index (χ1) is 9.24. The minimum absolute atomic E-state index is 0.278. The van der Waals surface area contributed by atoms with Crippen LogP contribution in [0.25, 0.3) is 0 Å². The van der Waals surface area contributed by atoms with Crippen LogP contribution in [0.3, 0.4) is 0 Å². The molecule has 1 aromatic rings. The van der Waals surface area contributed by atoms with Crippen molar-refractivity contribution in [3.8, 4) is 0 Å². The smallest absolute Gasteiger partial charge is 0.0795 e. The Hall–Kier alpha value is -0.490. The summed E-state index contributed by atoms with van der Waals surface area (Å²) in [4.78, 5) is 6.73. The second-order valence-electron chi connectivity index (χ2n) is 5.63. The van der Waals surface area contributed by atoms with Crippen LogP contribution in [-0.4, -0.2) is 49.8 Å². The zero-order chi connectivity index (χ0) is 13.6. The van der Waals surface area contributed by atoms with Crippen molar-refractivity contribution in [2.24, 2.45) is 5.41 Å². The lowest BCUT2D eigenvalue weighted by molar-refractivity contribution is 0.116. The van der Waals surface area contributed by atoms with Gasteiger partial charge in [0.25, 0.3) is 0 Å². The lowest BCUT2D eigenvalue weighted by Gasteiger charge is -2.32. The van der Waals surface area contributed by atoms with Crippen LogP contribution in [-0.2, 0) is 11.3 Å². The van der Waals surface area contributed by atoms with Crippen molar-refractivity contribution >= 4 is 11.3 Å². The molecule has 1 fully saturated rings. The normalized spacial score (nSPS) is 23.3. The molecule has 1 aliphatic rings. The van der Waals surface area contributed by atoms with Gasteiger partial charge in [-0.25, -0.2) is 4.98 Å². The summed E-state index contributed by atoms with van der Waals surface area (Å²) in [6.45, 7) is 8.14.